The van der Waals surface area contributed by atoms with Crippen LogP contribution in [0, 0.1) is 0 Å². The Labute approximate surface area is 155 Å². The molecule has 0 aliphatic rings. The molecule has 0 saturated carbocycles. The van der Waals surface area contributed by atoms with Gasteiger partial charge >= 0.3 is 0 Å². The van der Waals surface area contributed by atoms with Crippen molar-refractivity contribution in [1.29, 1.82) is 0 Å². The Bertz CT molecular complexity index is 1130. The molecule has 3 heterocycles. The standard InChI is InChI=1S/C19H19N7O/c1-3-17(27)24-14-11-22-26-16(20-2)10-15(25-19(14)26)23-13-8-4-6-12-7-5-9-21-18(12)13/h4-11,20H,3H2,1-2H3,(H,23,25)(H,24,27). The van der Waals surface area contributed by atoms with E-state index in [9.17, 15) is 4.79 Å². The van der Waals surface area contributed by atoms with Gasteiger partial charge in [0.2, 0.25) is 5.91 Å². The van der Waals surface area contributed by atoms with E-state index < -0.39 is 0 Å². The lowest BCUT2D eigenvalue weighted by Crippen LogP contribution is -2.10. The average Bonchev–Trinajstić information content (AvgIpc) is 3.10. The van der Waals surface area contributed by atoms with Crippen molar-refractivity contribution >= 4 is 45.5 Å². The second-order valence-electron chi connectivity index (χ2n) is 5.98. The highest BCUT2D eigenvalue weighted by Gasteiger charge is 2.13. The fraction of sp³-hybridized carbons (Fsp3) is 0.158. The number of hydrogen-bond acceptors (Lipinski definition) is 6. The third-order valence-electron chi connectivity index (χ3n) is 4.22. The number of para-hydroxylation sites is 1. The van der Waals surface area contributed by atoms with Gasteiger partial charge in [0.25, 0.3) is 0 Å². The Hall–Kier alpha value is -3.68. The summed E-state index contributed by atoms with van der Waals surface area (Å²) in [7, 11) is 1.81. The smallest absolute Gasteiger partial charge is 0.224 e. The minimum absolute atomic E-state index is 0.0886. The van der Waals surface area contributed by atoms with Crippen LogP contribution >= 0.6 is 0 Å². The van der Waals surface area contributed by atoms with Gasteiger partial charge in [-0.3, -0.25) is 9.78 Å². The van der Waals surface area contributed by atoms with E-state index >= 15 is 0 Å². The molecule has 3 aromatic heterocycles. The third-order valence-corrected chi connectivity index (χ3v) is 4.22. The molecule has 0 atom stereocenters. The molecule has 0 fully saturated rings. The quantitative estimate of drug-likeness (QED) is 0.504. The molecule has 0 aliphatic carbocycles. The molecule has 27 heavy (non-hydrogen) atoms. The summed E-state index contributed by atoms with van der Waals surface area (Å²) in [5, 5.41) is 14.6. The Morgan fingerprint density at radius 1 is 1.19 bits per heavy atom. The number of nitrogens with zero attached hydrogens (tertiary/aromatic N) is 4. The number of aromatic nitrogens is 4. The van der Waals surface area contributed by atoms with Crippen molar-refractivity contribution in [1.82, 2.24) is 19.6 Å². The number of benzene rings is 1. The molecule has 0 aliphatic heterocycles. The van der Waals surface area contributed by atoms with Gasteiger partial charge in [0.05, 0.1) is 17.4 Å². The normalized spacial score (nSPS) is 10.9. The van der Waals surface area contributed by atoms with Crippen LogP contribution in [0.1, 0.15) is 13.3 Å². The molecule has 8 heteroatoms. The molecule has 136 valence electrons. The number of carbonyl (C=O) groups excluding carboxylic acids is 1. The first-order valence-corrected chi connectivity index (χ1v) is 8.66. The summed E-state index contributed by atoms with van der Waals surface area (Å²) < 4.78 is 1.65. The second kappa shape index (κ2) is 6.91. The monoisotopic (exact) mass is 361 g/mol. The highest BCUT2D eigenvalue weighted by Crippen LogP contribution is 2.27. The lowest BCUT2D eigenvalue weighted by atomic mass is 10.2. The van der Waals surface area contributed by atoms with Gasteiger partial charge in [-0.1, -0.05) is 25.1 Å². The maximum atomic E-state index is 11.8. The van der Waals surface area contributed by atoms with Gasteiger partial charge < -0.3 is 16.0 Å². The Morgan fingerprint density at radius 3 is 2.85 bits per heavy atom. The summed E-state index contributed by atoms with van der Waals surface area (Å²) in [6.07, 6.45) is 3.74. The van der Waals surface area contributed by atoms with Gasteiger partial charge in [0.1, 0.15) is 17.3 Å². The lowest BCUT2D eigenvalue weighted by molar-refractivity contribution is -0.115. The summed E-state index contributed by atoms with van der Waals surface area (Å²) >= 11 is 0. The van der Waals surface area contributed by atoms with Crippen LogP contribution in [-0.2, 0) is 4.79 Å². The fourth-order valence-corrected chi connectivity index (χ4v) is 2.87. The van der Waals surface area contributed by atoms with Gasteiger partial charge in [-0.05, 0) is 12.1 Å². The minimum atomic E-state index is -0.0886. The Kier molecular flexibility index (Phi) is 4.29. The molecule has 0 saturated heterocycles. The van der Waals surface area contributed by atoms with Crippen molar-refractivity contribution in [2.45, 2.75) is 13.3 Å². The van der Waals surface area contributed by atoms with Crippen LogP contribution in [-0.4, -0.2) is 32.5 Å². The van der Waals surface area contributed by atoms with Gasteiger partial charge in [-0.25, -0.2) is 4.98 Å². The third kappa shape index (κ3) is 3.12. The van der Waals surface area contributed by atoms with E-state index in [-0.39, 0.29) is 5.91 Å². The maximum Gasteiger partial charge on any atom is 0.224 e. The predicted octanol–water partition coefficient (Wildman–Crippen LogP) is 3.41. The number of hydrogen-bond donors (Lipinski definition) is 3. The summed E-state index contributed by atoms with van der Waals surface area (Å²) in [5.41, 5.74) is 2.84. The van der Waals surface area contributed by atoms with Crippen LogP contribution in [0.3, 0.4) is 0 Å². The molecule has 3 N–H and O–H groups in total. The molecule has 0 unspecified atom stereocenters. The molecule has 0 radical (unpaired) electrons. The van der Waals surface area contributed by atoms with Crippen LogP contribution in [0.2, 0.25) is 0 Å². The largest absolute Gasteiger partial charge is 0.373 e. The molecular weight excluding hydrogens is 342 g/mol. The summed E-state index contributed by atoms with van der Waals surface area (Å²) in [6.45, 7) is 1.80. The highest BCUT2D eigenvalue weighted by molar-refractivity contribution is 5.95. The second-order valence-corrected chi connectivity index (χ2v) is 5.98. The molecule has 0 spiro atoms. The van der Waals surface area contributed by atoms with E-state index in [4.69, 9.17) is 0 Å². The highest BCUT2D eigenvalue weighted by atomic mass is 16.1. The van der Waals surface area contributed by atoms with Gasteiger partial charge in [-0.15, -0.1) is 0 Å². The molecule has 1 amide bonds. The number of amides is 1. The number of pyridine rings is 1. The van der Waals surface area contributed by atoms with Crippen molar-refractivity contribution in [2.75, 3.05) is 23.0 Å². The Morgan fingerprint density at radius 2 is 2.04 bits per heavy atom. The van der Waals surface area contributed by atoms with Crippen LogP contribution < -0.4 is 16.0 Å². The topological polar surface area (TPSA) is 96.2 Å². The van der Waals surface area contributed by atoms with Crippen LogP contribution in [0.15, 0.2) is 48.8 Å². The molecule has 4 rings (SSSR count). The van der Waals surface area contributed by atoms with Gasteiger partial charge in [0, 0.05) is 31.1 Å². The zero-order chi connectivity index (χ0) is 18.8. The van der Waals surface area contributed by atoms with E-state index in [0.717, 1.165) is 22.4 Å². The first-order valence-electron chi connectivity index (χ1n) is 8.66. The number of nitrogens with one attached hydrogen (secondary N) is 3. The molecule has 8 nitrogen and oxygen atoms in total. The first-order chi connectivity index (χ1) is 13.2. The SMILES string of the molecule is CCC(=O)Nc1cnn2c(NC)cc(Nc3cccc4cccnc34)nc12. The first kappa shape index (κ1) is 16.8. The lowest BCUT2D eigenvalue weighted by Gasteiger charge is -2.11. The summed E-state index contributed by atoms with van der Waals surface area (Å²) in [4.78, 5) is 20.9. The van der Waals surface area contributed by atoms with E-state index in [0.29, 0.717) is 23.6 Å². The van der Waals surface area contributed by atoms with E-state index in [1.165, 1.54) is 0 Å². The molecular formula is C19H19N7O. The van der Waals surface area contributed by atoms with Crippen LogP contribution in [0.5, 0.6) is 0 Å². The van der Waals surface area contributed by atoms with Gasteiger partial charge in [-0.2, -0.15) is 9.61 Å². The van der Waals surface area contributed by atoms with Crippen molar-refractivity contribution in [3.63, 3.8) is 0 Å². The molecule has 0 bridgehead atoms. The van der Waals surface area contributed by atoms with Crippen molar-refractivity contribution in [2.24, 2.45) is 0 Å². The molecule has 1 aromatic carbocycles. The van der Waals surface area contributed by atoms with Crippen molar-refractivity contribution in [3.05, 3.63) is 48.8 Å². The fourth-order valence-electron chi connectivity index (χ4n) is 2.87. The number of carbonyl (C=O) groups is 1. The van der Waals surface area contributed by atoms with Crippen molar-refractivity contribution < 1.29 is 4.79 Å². The maximum absolute atomic E-state index is 11.8. The number of anilines is 4. The number of fused-ring (bicyclic) bond motifs is 2. The Balaban J connectivity index is 1.79. The van der Waals surface area contributed by atoms with E-state index in [2.05, 4.69) is 31.0 Å². The zero-order valence-electron chi connectivity index (χ0n) is 15.0. The average molecular weight is 361 g/mol. The van der Waals surface area contributed by atoms with Gasteiger partial charge in [0.15, 0.2) is 5.65 Å². The minimum Gasteiger partial charge on any atom is -0.373 e. The predicted molar refractivity (Wildman–Crippen MR) is 106 cm³/mol. The summed E-state index contributed by atoms with van der Waals surface area (Å²) in [5.74, 6) is 1.28. The summed E-state index contributed by atoms with van der Waals surface area (Å²) in [6, 6.07) is 11.7. The van der Waals surface area contributed by atoms with Crippen molar-refractivity contribution in [3.8, 4) is 0 Å². The van der Waals surface area contributed by atoms with E-state index in [1.54, 1.807) is 23.8 Å². The molecule has 4 aromatic rings. The number of rotatable bonds is 5. The van der Waals surface area contributed by atoms with E-state index in [1.807, 2.05) is 43.4 Å². The van der Waals surface area contributed by atoms with Crippen LogP contribution in [0.4, 0.5) is 23.0 Å². The zero-order valence-corrected chi connectivity index (χ0v) is 15.0. The van der Waals surface area contributed by atoms with Crippen LogP contribution in [0.25, 0.3) is 16.6 Å².